The van der Waals surface area contributed by atoms with E-state index in [2.05, 4.69) is 180 Å². The molecule has 2 aliphatic rings. The summed E-state index contributed by atoms with van der Waals surface area (Å²) in [6.07, 6.45) is 8.96. The Morgan fingerprint density at radius 3 is 1.76 bits per heavy atom. The van der Waals surface area contributed by atoms with Gasteiger partial charge in [0.25, 0.3) is 0 Å². The summed E-state index contributed by atoms with van der Waals surface area (Å²) in [5.41, 5.74) is 9.85. The van der Waals surface area contributed by atoms with Gasteiger partial charge in [0.05, 0.1) is 5.70 Å². The van der Waals surface area contributed by atoms with Crippen molar-refractivity contribution in [3.63, 3.8) is 0 Å². The van der Waals surface area contributed by atoms with Crippen LogP contribution in [0.4, 0.5) is 0 Å². The van der Waals surface area contributed by atoms with Gasteiger partial charge in [-0.25, -0.2) is 0 Å². The highest BCUT2D eigenvalue weighted by molar-refractivity contribution is 6.23. The van der Waals surface area contributed by atoms with Crippen molar-refractivity contribution in [1.29, 1.82) is 0 Å². The number of hydrogen-bond acceptors (Lipinski definition) is 2. The van der Waals surface area contributed by atoms with Crippen molar-refractivity contribution < 1.29 is 0 Å². The largest absolute Gasteiger partial charge is 0.360 e. The first-order chi connectivity index (χ1) is 22.3. The maximum Gasteiger partial charge on any atom is 0.123 e. The van der Waals surface area contributed by atoms with Gasteiger partial charge in [0.1, 0.15) is 6.17 Å². The van der Waals surface area contributed by atoms with Gasteiger partial charge < -0.3 is 10.2 Å². The summed E-state index contributed by atoms with van der Waals surface area (Å²) in [7, 11) is 0. The Morgan fingerprint density at radius 2 is 1.04 bits per heavy atom. The van der Waals surface area contributed by atoms with Crippen LogP contribution in [0.25, 0.3) is 65.8 Å². The number of nitrogens with zero attached hydrogens (tertiary/aromatic N) is 1. The Kier molecular flexibility index (Phi) is 5.92. The van der Waals surface area contributed by atoms with Crippen LogP contribution in [-0.4, -0.2) is 11.1 Å². The van der Waals surface area contributed by atoms with E-state index in [1.54, 1.807) is 0 Å². The third-order valence-corrected chi connectivity index (χ3v) is 9.25. The smallest absolute Gasteiger partial charge is 0.123 e. The predicted molar refractivity (Wildman–Crippen MR) is 190 cm³/mol. The second kappa shape index (κ2) is 10.4. The van der Waals surface area contributed by atoms with Crippen LogP contribution >= 0.6 is 0 Å². The maximum atomic E-state index is 3.73. The molecule has 7 aromatic rings. The van der Waals surface area contributed by atoms with Crippen molar-refractivity contribution in [2.75, 3.05) is 0 Å². The molecule has 1 unspecified atom stereocenters. The Balaban J connectivity index is 1.13. The molecule has 9 rings (SSSR count). The van der Waals surface area contributed by atoms with Crippen LogP contribution in [0.3, 0.4) is 0 Å². The Labute approximate surface area is 262 Å². The third kappa shape index (κ3) is 4.26. The SMILES string of the molecule is C1=CN2C=C(c3ccc(-c4c5ccccc5c(-c5cccc6ccccc56)c5ccccc45)cc3)NC2C=C1c1ccccc1. The molecule has 45 heavy (non-hydrogen) atoms. The van der Waals surface area contributed by atoms with Gasteiger partial charge in [0.2, 0.25) is 0 Å². The molecule has 1 atom stereocenters. The molecule has 0 fully saturated rings. The van der Waals surface area contributed by atoms with Gasteiger partial charge >= 0.3 is 0 Å². The zero-order valence-corrected chi connectivity index (χ0v) is 24.7. The summed E-state index contributed by atoms with van der Waals surface area (Å²) in [6, 6.07) is 52.8. The highest BCUT2D eigenvalue weighted by Crippen LogP contribution is 2.45. The number of rotatable bonds is 4. The van der Waals surface area contributed by atoms with Crippen molar-refractivity contribution in [2.24, 2.45) is 0 Å². The van der Waals surface area contributed by atoms with Gasteiger partial charge in [0.15, 0.2) is 0 Å². The normalized spacial score (nSPS) is 15.6. The summed E-state index contributed by atoms with van der Waals surface area (Å²) in [4.78, 5) is 2.24. The molecule has 0 aliphatic carbocycles. The molecule has 2 aliphatic heterocycles. The zero-order valence-electron chi connectivity index (χ0n) is 24.7. The van der Waals surface area contributed by atoms with E-state index in [-0.39, 0.29) is 6.17 Å². The van der Waals surface area contributed by atoms with Gasteiger partial charge in [-0.1, -0.05) is 146 Å². The summed E-state index contributed by atoms with van der Waals surface area (Å²) >= 11 is 0. The van der Waals surface area contributed by atoms with Crippen LogP contribution in [0.5, 0.6) is 0 Å². The lowest BCUT2D eigenvalue weighted by Crippen LogP contribution is -2.32. The van der Waals surface area contributed by atoms with Crippen LogP contribution in [0, 0.1) is 0 Å². The first-order valence-electron chi connectivity index (χ1n) is 15.6. The standard InChI is InChI=1S/C43H30N2/c1-2-11-29(12-3-1)33-25-26-45-28-40(44-41(45)27-33)31-21-23-32(24-22-31)42-36-16-6-8-18-38(36)43(39-19-9-7-17-37(39)42)35-20-10-14-30-13-4-5-15-34(30)35/h1-28,41,44H. The van der Waals surface area contributed by atoms with Gasteiger partial charge in [-0.3, -0.25) is 0 Å². The van der Waals surface area contributed by atoms with Crippen molar-refractivity contribution in [1.82, 2.24) is 10.2 Å². The first-order valence-corrected chi connectivity index (χ1v) is 15.6. The molecule has 2 heteroatoms. The molecular weight excluding hydrogens is 544 g/mol. The highest BCUT2D eigenvalue weighted by Gasteiger charge is 2.24. The van der Waals surface area contributed by atoms with E-state index in [9.17, 15) is 0 Å². The molecule has 0 radical (unpaired) electrons. The van der Waals surface area contributed by atoms with E-state index in [0.29, 0.717) is 0 Å². The summed E-state index contributed by atoms with van der Waals surface area (Å²) < 4.78 is 0. The van der Waals surface area contributed by atoms with Crippen molar-refractivity contribution in [2.45, 2.75) is 6.17 Å². The van der Waals surface area contributed by atoms with E-state index < -0.39 is 0 Å². The molecule has 2 nitrogen and oxygen atoms in total. The van der Waals surface area contributed by atoms with Crippen LogP contribution in [0.2, 0.25) is 0 Å². The quantitative estimate of drug-likeness (QED) is 0.210. The van der Waals surface area contributed by atoms with Crippen LogP contribution in [0.1, 0.15) is 11.1 Å². The summed E-state index contributed by atoms with van der Waals surface area (Å²) in [6.45, 7) is 0. The molecular formula is C43H30N2. The van der Waals surface area contributed by atoms with Gasteiger partial charge in [0, 0.05) is 12.4 Å². The van der Waals surface area contributed by atoms with Gasteiger partial charge in [-0.15, -0.1) is 0 Å². The molecule has 0 spiro atoms. The van der Waals surface area contributed by atoms with Crippen LogP contribution in [-0.2, 0) is 0 Å². The minimum absolute atomic E-state index is 0.106. The second-order valence-electron chi connectivity index (χ2n) is 11.8. The van der Waals surface area contributed by atoms with E-state index in [0.717, 1.165) is 5.70 Å². The maximum absolute atomic E-state index is 3.73. The number of allylic oxidation sites excluding steroid dienone is 2. The average Bonchev–Trinajstić information content (AvgIpc) is 3.55. The topological polar surface area (TPSA) is 15.3 Å². The Hall–Kier alpha value is -5.86. The Morgan fingerprint density at radius 1 is 0.467 bits per heavy atom. The molecule has 212 valence electrons. The van der Waals surface area contributed by atoms with Crippen molar-refractivity contribution >= 4 is 43.6 Å². The minimum Gasteiger partial charge on any atom is -0.360 e. The fourth-order valence-electron chi connectivity index (χ4n) is 7.13. The minimum atomic E-state index is 0.106. The number of nitrogens with one attached hydrogen (secondary N) is 1. The fraction of sp³-hybridized carbons (Fsp3) is 0.0233. The highest BCUT2D eigenvalue weighted by atomic mass is 15.3. The summed E-state index contributed by atoms with van der Waals surface area (Å²) in [5, 5.41) is 11.4. The lowest BCUT2D eigenvalue weighted by molar-refractivity contribution is 0.429. The predicted octanol–water partition coefficient (Wildman–Crippen LogP) is 10.6. The van der Waals surface area contributed by atoms with E-state index >= 15 is 0 Å². The van der Waals surface area contributed by atoms with Gasteiger partial charge in [-0.2, -0.15) is 0 Å². The fourth-order valence-corrected chi connectivity index (χ4v) is 7.13. The number of fused-ring (bicyclic) bond motifs is 4. The summed E-state index contributed by atoms with van der Waals surface area (Å²) in [5.74, 6) is 0. The van der Waals surface area contributed by atoms with Crippen molar-refractivity contribution in [3.8, 4) is 22.3 Å². The molecule has 0 bridgehead atoms. The number of hydrogen-bond donors (Lipinski definition) is 1. The number of benzene rings is 7. The molecule has 7 aromatic carbocycles. The molecule has 0 saturated heterocycles. The average molecular weight is 575 g/mol. The second-order valence-corrected chi connectivity index (χ2v) is 11.8. The molecule has 0 saturated carbocycles. The lowest BCUT2D eigenvalue weighted by atomic mass is 9.84. The monoisotopic (exact) mass is 574 g/mol. The molecule has 2 heterocycles. The molecule has 0 amide bonds. The van der Waals surface area contributed by atoms with Crippen LogP contribution in [0.15, 0.2) is 170 Å². The van der Waals surface area contributed by atoms with E-state index in [1.807, 2.05) is 0 Å². The van der Waals surface area contributed by atoms with Crippen molar-refractivity contribution in [3.05, 3.63) is 181 Å². The van der Waals surface area contributed by atoms with E-state index in [1.165, 1.54) is 71.3 Å². The van der Waals surface area contributed by atoms with Gasteiger partial charge in [-0.05, 0) is 83.4 Å². The third-order valence-electron chi connectivity index (χ3n) is 9.25. The molecule has 0 aromatic heterocycles. The Bertz CT molecular complexity index is 2280. The van der Waals surface area contributed by atoms with Crippen LogP contribution < -0.4 is 5.32 Å². The first kappa shape index (κ1) is 25.6. The molecule has 1 N–H and O–H groups in total. The zero-order chi connectivity index (χ0) is 29.7. The van der Waals surface area contributed by atoms with E-state index in [4.69, 9.17) is 0 Å². The lowest BCUT2D eigenvalue weighted by Gasteiger charge is -2.24.